The Bertz CT molecular complexity index is 159. The summed E-state index contributed by atoms with van der Waals surface area (Å²) >= 11 is 0. The largest absolute Gasteiger partial charge is 0.359 e. The zero-order chi connectivity index (χ0) is 7.14. The van der Waals surface area contributed by atoms with Gasteiger partial charge >= 0.3 is 0 Å². The summed E-state index contributed by atoms with van der Waals surface area (Å²) in [7, 11) is 1.71. The zero-order valence-corrected chi connectivity index (χ0v) is 6.05. The molecule has 56 valence electrons. The topological polar surface area (TPSA) is 41.1 Å². The number of fused-ring (bicyclic) bond motifs is 1. The Hall–Kier alpha value is -0.570. The maximum Gasteiger partial charge on any atom is 0.223 e. The SMILES string of the molecule is CNC(=O)[C@@H]1[C@@H]2CNC[C@@H]21. The van der Waals surface area contributed by atoms with Gasteiger partial charge in [0.05, 0.1) is 0 Å². The van der Waals surface area contributed by atoms with Crippen molar-refractivity contribution in [2.75, 3.05) is 20.1 Å². The van der Waals surface area contributed by atoms with Crippen molar-refractivity contribution in [3.63, 3.8) is 0 Å². The van der Waals surface area contributed by atoms with Crippen molar-refractivity contribution >= 4 is 5.91 Å². The number of carbonyl (C=O) groups excluding carboxylic acids is 1. The number of carbonyl (C=O) groups is 1. The average Bonchev–Trinajstić information content (AvgIpc) is 2.43. The normalized spacial score (nSPS) is 42.7. The van der Waals surface area contributed by atoms with Crippen molar-refractivity contribution in [3.05, 3.63) is 0 Å². The van der Waals surface area contributed by atoms with E-state index in [9.17, 15) is 4.79 Å². The quantitative estimate of drug-likeness (QED) is 0.500. The monoisotopic (exact) mass is 140 g/mol. The molecule has 0 unspecified atom stereocenters. The highest BCUT2D eigenvalue weighted by Gasteiger charge is 2.56. The molecule has 1 heterocycles. The maximum absolute atomic E-state index is 11.0. The fourth-order valence-corrected chi connectivity index (χ4v) is 1.97. The first-order valence-electron chi connectivity index (χ1n) is 3.77. The second-order valence-corrected chi connectivity index (χ2v) is 3.13. The van der Waals surface area contributed by atoms with Gasteiger partial charge in [-0.2, -0.15) is 0 Å². The van der Waals surface area contributed by atoms with E-state index in [2.05, 4.69) is 10.6 Å². The fourth-order valence-electron chi connectivity index (χ4n) is 1.97. The van der Waals surface area contributed by atoms with Crippen LogP contribution in [0.4, 0.5) is 0 Å². The number of rotatable bonds is 1. The van der Waals surface area contributed by atoms with Gasteiger partial charge in [-0.05, 0) is 24.9 Å². The van der Waals surface area contributed by atoms with Crippen LogP contribution in [0.25, 0.3) is 0 Å². The van der Waals surface area contributed by atoms with E-state index >= 15 is 0 Å². The Balaban J connectivity index is 1.94. The van der Waals surface area contributed by atoms with Crippen LogP contribution in [0.1, 0.15) is 0 Å². The zero-order valence-electron chi connectivity index (χ0n) is 6.05. The van der Waals surface area contributed by atoms with Gasteiger partial charge in [0, 0.05) is 13.0 Å². The predicted octanol–water partition coefficient (Wildman–Crippen LogP) is -0.802. The molecule has 0 aromatic rings. The molecule has 1 saturated carbocycles. The molecule has 0 bridgehead atoms. The van der Waals surface area contributed by atoms with Crippen LogP contribution in [-0.4, -0.2) is 26.0 Å². The summed E-state index contributed by atoms with van der Waals surface area (Å²) in [6.07, 6.45) is 0. The lowest BCUT2D eigenvalue weighted by Gasteiger charge is -2.01. The van der Waals surface area contributed by atoms with Crippen LogP contribution < -0.4 is 10.6 Å². The molecular formula is C7H12N2O. The molecule has 0 aromatic carbocycles. The van der Waals surface area contributed by atoms with Crippen molar-refractivity contribution in [3.8, 4) is 0 Å². The van der Waals surface area contributed by atoms with E-state index in [1.807, 2.05) is 0 Å². The Morgan fingerprint density at radius 2 is 2.10 bits per heavy atom. The van der Waals surface area contributed by atoms with Gasteiger partial charge in [-0.3, -0.25) is 4.79 Å². The number of hydrogen-bond donors (Lipinski definition) is 2. The van der Waals surface area contributed by atoms with Crippen LogP contribution in [0, 0.1) is 17.8 Å². The van der Waals surface area contributed by atoms with Crippen molar-refractivity contribution < 1.29 is 4.79 Å². The second kappa shape index (κ2) is 1.95. The second-order valence-electron chi connectivity index (χ2n) is 3.13. The molecule has 3 atom stereocenters. The number of nitrogens with one attached hydrogen (secondary N) is 2. The summed E-state index contributed by atoms with van der Waals surface area (Å²) in [5.74, 6) is 1.88. The first-order chi connectivity index (χ1) is 4.84. The lowest BCUT2D eigenvalue weighted by Crippen LogP contribution is -2.26. The average molecular weight is 140 g/mol. The molecule has 2 fully saturated rings. The van der Waals surface area contributed by atoms with Gasteiger partial charge < -0.3 is 10.6 Å². The molecule has 2 aliphatic rings. The van der Waals surface area contributed by atoms with Crippen LogP contribution in [0.5, 0.6) is 0 Å². The van der Waals surface area contributed by atoms with Crippen LogP contribution in [0.2, 0.25) is 0 Å². The van der Waals surface area contributed by atoms with E-state index in [-0.39, 0.29) is 5.91 Å². The van der Waals surface area contributed by atoms with Gasteiger partial charge in [0.15, 0.2) is 0 Å². The highest BCUT2D eigenvalue weighted by atomic mass is 16.2. The Morgan fingerprint density at radius 3 is 2.60 bits per heavy atom. The van der Waals surface area contributed by atoms with Gasteiger partial charge in [0.2, 0.25) is 5.91 Å². The van der Waals surface area contributed by atoms with Crippen molar-refractivity contribution in [1.82, 2.24) is 10.6 Å². The molecule has 10 heavy (non-hydrogen) atoms. The predicted molar refractivity (Wildman–Crippen MR) is 37.4 cm³/mol. The smallest absolute Gasteiger partial charge is 0.223 e. The Morgan fingerprint density at radius 1 is 1.50 bits per heavy atom. The van der Waals surface area contributed by atoms with Gasteiger partial charge in [-0.1, -0.05) is 0 Å². The molecule has 1 aliphatic heterocycles. The van der Waals surface area contributed by atoms with Gasteiger partial charge in [0.25, 0.3) is 0 Å². The lowest BCUT2D eigenvalue weighted by atomic mass is 10.3. The minimum absolute atomic E-state index is 0.233. The summed E-state index contributed by atoms with van der Waals surface area (Å²) in [4.78, 5) is 11.0. The first-order valence-corrected chi connectivity index (χ1v) is 3.77. The van der Waals surface area contributed by atoms with Crippen LogP contribution in [0.3, 0.4) is 0 Å². The maximum atomic E-state index is 11.0. The van der Waals surface area contributed by atoms with Crippen LogP contribution >= 0.6 is 0 Å². The molecule has 0 aromatic heterocycles. The van der Waals surface area contributed by atoms with Crippen molar-refractivity contribution in [1.29, 1.82) is 0 Å². The first kappa shape index (κ1) is 6.16. The number of hydrogen-bond acceptors (Lipinski definition) is 2. The van der Waals surface area contributed by atoms with E-state index in [1.54, 1.807) is 7.05 Å². The van der Waals surface area contributed by atoms with Crippen LogP contribution in [0.15, 0.2) is 0 Å². The summed E-state index contributed by atoms with van der Waals surface area (Å²) in [6, 6.07) is 0. The molecule has 1 amide bonds. The third-order valence-electron chi connectivity index (χ3n) is 2.64. The van der Waals surface area contributed by atoms with Gasteiger partial charge in [0.1, 0.15) is 0 Å². The standard InChI is InChI=1S/C7H12N2O/c1-8-7(10)6-4-2-9-3-5(4)6/h4-6,9H,2-3H2,1H3,(H,8,10)/t4-,5+,6-. The highest BCUT2D eigenvalue weighted by molar-refractivity contribution is 5.82. The lowest BCUT2D eigenvalue weighted by molar-refractivity contribution is -0.122. The molecule has 0 spiro atoms. The minimum atomic E-state index is 0.233. The van der Waals surface area contributed by atoms with Gasteiger partial charge in [-0.25, -0.2) is 0 Å². The van der Waals surface area contributed by atoms with Crippen molar-refractivity contribution in [2.45, 2.75) is 0 Å². The molecule has 3 heteroatoms. The minimum Gasteiger partial charge on any atom is -0.359 e. The van der Waals surface area contributed by atoms with E-state index in [4.69, 9.17) is 0 Å². The third-order valence-corrected chi connectivity index (χ3v) is 2.64. The number of piperidine rings is 1. The Labute approximate surface area is 60.2 Å². The van der Waals surface area contributed by atoms with Gasteiger partial charge in [-0.15, -0.1) is 0 Å². The molecule has 2 N–H and O–H groups in total. The number of amides is 1. The van der Waals surface area contributed by atoms with E-state index in [0.717, 1.165) is 13.1 Å². The highest BCUT2D eigenvalue weighted by Crippen LogP contribution is 2.48. The molecule has 2 rings (SSSR count). The Kier molecular flexibility index (Phi) is 1.20. The summed E-state index contributed by atoms with van der Waals surface area (Å²) in [5.41, 5.74) is 0. The summed E-state index contributed by atoms with van der Waals surface area (Å²) in [6.45, 7) is 2.09. The fraction of sp³-hybridized carbons (Fsp3) is 0.857. The van der Waals surface area contributed by atoms with Crippen LogP contribution in [-0.2, 0) is 4.79 Å². The summed E-state index contributed by atoms with van der Waals surface area (Å²) in [5, 5.41) is 5.94. The molecule has 0 radical (unpaired) electrons. The van der Waals surface area contributed by atoms with E-state index in [1.165, 1.54) is 0 Å². The van der Waals surface area contributed by atoms with Crippen molar-refractivity contribution in [2.24, 2.45) is 17.8 Å². The van der Waals surface area contributed by atoms with E-state index in [0.29, 0.717) is 17.8 Å². The third kappa shape index (κ3) is 0.669. The van der Waals surface area contributed by atoms with E-state index < -0.39 is 0 Å². The molecule has 1 aliphatic carbocycles. The molecule has 3 nitrogen and oxygen atoms in total. The summed E-state index contributed by atoms with van der Waals surface area (Å²) < 4.78 is 0. The molecular weight excluding hydrogens is 128 g/mol. The molecule has 1 saturated heterocycles.